The summed E-state index contributed by atoms with van der Waals surface area (Å²) < 4.78 is 2.45. The SMILES string of the molecule is CSCCCCCCn1c(C2CC2)nc2cc(N)ccc21. The van der Waals surface area contributed by atoms with Crippen LogP contribution in [0.25, 0.3) is 11.0 Å². The Labute approximate surface area is 131 Å². The minimum Gasteiger partial charge on any atom is -0.399 e. The third-order valence-electron chi connectivity index (χ3n) is 4.22. The lowest BCUT2D eigenvalue weighted by Gasteiger charge is -2.08. The molecule has 2 N–H and O–H groups in total. The number of hydrogen-bond acceptors (Lipinski definition) is 3. The molecule has 0 atom stereocenters. The number of nitrogen functional groups attached to an aromatic ring is 1. The molecule has 21 heavy (non-hydrogen) atoms. The largest absolute Gasteiger partial charge is 0.399 e. The molecule has 0 spiro atoms. The van der Waals surface area contributed by atoms with E-state index in [1.807, 2.05) is 23.9 Å². The summed E-state index contributed by atoms with van der Waals surface area (Å²) in [5.74, 6) is 3.27. The second-order valence-corrected chi connectivity index (χ2v) is 7.04. The molecule has 3 nitrogen and oxygen atoms in total. The van der Waals surface area contributed by atoms with Crippen LogP contribution in [-0.2, 0) is 6.54 Å². The highest BCUT2D eigenvalue weighted by Crippen LogP contribution is 2.41. The van der Waals surface area contributed by atoms with E-state index in [0.717, 1.165) is 17.7 Å². The second-order valence-electron chi connectivity index (χ2n) is 6.05. The van der Waals surface area contributed by atoms with Gasteiger partial charge in [0, 0.05) is 18.2 Å². The topological polar surface area (TPSA) is 43.8 Å². The third-order valence-corrected chi connectivity index (χ3v) is 4.92. The van der Waals surface area contributed by atoms with E-state index < -0.39 is 0 Å². The first-order valence-electron chi connectivity index (χ1n) is 8.04. The lowest BCUT2D eigenvalue weighted by molar-refractivity contribution is 0.576. The number of aryl methyl sites for hydroxylation is 1. The van der Waals surface area contributed by atoms with Crippen molar-refractivity contribution in [3.63, 3.8) is 0 Å². The molecule has 0 radical (unpaired) electrons. The number of fused-ring (bicyclic) bond motifs is 1. The molecule has 1 aromatic heterocycles. The van der Waals surface area contributed by atoms with E-state index in [-0.39, 0.29) is 0 Å². The van der Waals surface area contributed by atoms with Crippen LogP contribution in [0.3, 0.4) is 0 Å². The van der Waals surface area contributed by atoms with Crippen molar-refractivity contribution >= 4 is 28.5 Å². The smallest absolute Gasteiger partial charge is 0.112 e. The van der Waals surface area contributed by atoms with Crippen molar-refractivity contribution in [1.29, 1.82) is 0 Å². The molecule has 4 heteroatoms. The Morgan fingerprint density at radius 1 is 1.24 bits per heavy atom. The molecule has 1 aliphatic carbocycles. The van der Waals surface area contributed by atoms with E-state index >= 15 is 0 Å². The van der Waals surface area contributed by atoms with Gasteiger partial charge >= 0.3 is 0 Å². The Hall–Kier alpha value is -1.16. The average Bonchev–Trinajstić information content (AvgIpc) is 3.25. The number of aromatic nitrogens is 2. The number of imidazole rings is 1. The van der Waals surface area contributed by atoms with Crippen molar-refractivity contribution in [2.24, 2.45) is 0 Å². The van der Waals surface area contributed by atoms with Gasteiger partial charge in [-0.05, 0) is 55.9 Å². The van der Waals surface area contributed by atoms with Crippen LogP contribution in [0.4, 0.5) is 5.69 Å². The van der Waals surface area contributed by atoms with E-state index in [9.17, 15) is 0 Å². The summed E-state index contributed by atoms with van der Waals surface area (Å²) in [4.78, 5) is 4.84. The Balaban J connectivity index is 1.69. The van der Waals surface area contributed by atoms with Gasteiger partial charge in [-0.1, -0.05) is 12.8 Å². The van der Waals surface area contributed by atoms with Gasteiger partial charge in [-0.3, -0.25) is 0 Å². The minimum atomic E-state index is 0.690. The van der Waals surface area contributed by atoms with E-state index in [4.69, 9.17) is 10.7 Å². The van der Waals surface area contributed by atoms with Crippen LogP contribution in [0.5, 0.6) is 0 Å². The first kappa shape index (κ1) is 14.8. The number of thioether (sulfide) groups is 1. The van der Waals surface area contributed by atoms with Gasteiger partial charge in [0.05, 0.1) is 11.0 Å². The molecule has 0 bridgehead atoms. The van der Waals surface area contributed by atoms with Crippen LogP contribution < -0.4 is 5.73 Å². The highest BCUT2D eigenvalue weighted by molar-refractivity contribution is 7.98. The zero-order chi connectivity index (χ0) is 14.7. The number of anilines is 1. The average molecular weight is 303 g/mol. The molecule has 0 aliphatic heterocycles. The molecule has 2 aromatic rings. The summed E-state index contributed by atoms with van der Waals surface area (Å²) in [6, 6.07) is 6.14. The van der Waals surface area contributed by atoms with Gasteiger partial charge in [-0.25, -0.2) is 4.98 Å². The molecule has 1 saturated carbocycles. The van der Waals surface area contributed by atoms with Crippen molar-refractivity contribution in [3.05, 3.63) is 24.0 Å². The van der Waals surface area contributed by atoms with Crippen LogP contribution in [0.15, 0.2) is 18.2 Å². The number of nitrogens with zero attached hydrogens (tertiary/aromatic N) is 2. The van der Waals surface area contributed by atoms with Gasteiger partial charge < -0.3 is 10.3 Å². The molecule has 0 unspecified atom stereocenters. The molecule has 0 saturated heterocycles. The molecule has 1 aliphatic rings. The van der Waals surface area contributed by atoms with E-state index in [0.29, 0.717) is 5.92 Å². The van der Waals surface area contributed by atoms with Gasteiger partial charge in [-0.2, -0.15) is 11.8 Å². The van der Waals surface area contributed by atoms with Crippen molar-refractivity contribution in [2.45, 2.75) is 51.0 Å². The summed E-state index contributed by atoms with van der Waals surface area (Å²) in [6.07, 6.45) is 10.0. The van der Waals surface area contributed by atoms with E-state index in [1.54, 1.807) is 0 Å². The van der Waals surface area contributed by atoms with Crippen LogP contribution in [-0.4, -0.2) is 21.6 Å². The van der Waals surface area contributed by atoms with E-state index in [1.165, 1.54) is 55.6 Å². The number of unbranched alkanes of at least 4 members (excludes halogenated alkanes) is 3. The highest BCUT2D eigenvalue weighted by Gasteiger charge is 2.29. The summed E-state index contributed by atoms with van der Waals surface area (Å²) >= 11 is 1.95. The molecule has 1 heterocycles. The molecular weight excluding hydrogens is 278 g/mol. The van der Waals surface area contributed by atoms with Crippen LogP contribution in [0.1, 0.15) is 50.3 Å². The van der Waals surface area contributed by atoms with Gasteiger partial charge in [-0.15, -0.1) is 0 Å². The molecule has 1 fully saturated rings. The fraction of sp³-hybridized carbons (Fsp3) is 0.588. The summed E-state index contributed by atoms with van der Waals surface area (Å²) in [6.45, 7) is 1.10. The normalized spacial score (nSPS) is 14.9. The summed E-state index contributed by atoms with van der Waals surface area (Å²) in [5, 5.41) is 0. The quantitative estimate of drug-likeness (QED) is 0.580. The molecular formula is C17H25N3S. The zero-order valence-electron chi connectivity index (χ0n) is 12.8. The molecule has 114 valence electrons. The highest BCUT2D eigenvalue weighted by atomic mass is 32.2. The van der Waals surface area contributed by atoms with Crippen molar-refractivity contribution < 1.29 is 0 Å². The minimum absolute atomic E-state index is 0.690. The lowest BCUT2D eigenvalue weighted by Crippen LogP contribution is -2.03. The Morgan fingerprint density at radius 2 is 2.05 bits per heavy atom. The predicted molar refractivity (Wildman–Crippen MR) is 93.0 cm³/mol. The van der Waals surface area contributed by atoms with E-state index in [2.05, 4.69) is 16.9 Å². The second kappa shape index (κ2) is 6.73. The van der Waals surface area contributed by atoms with Crippen molar-refractivity contribution in [1.82, 2.24) is 9.55 Å². The fourth-order valence-corrected chi connectivity index (χ4v) is 3.42. The zero-order valence-corrected chi connectivity index (χ0v) is 13.7. The number of hydrogen-bond donors (Lipinski definition) is 1. The van der Waals surface area contributed by atoms with Crippen molar-refractivity contribution in [2.75, 3.05) is 17.7 Å². The maximum atomic E-state index is 5.89. The summed E-state index contributed by atoms with van der Waals surface area (Å²) in [5.41, 5.74) is 9.03. The number of nitrogens with two attached hydrogens (primary N) is 1. The third kappa shape index (κ3) is 3.54. The number of rotatable bonds is 8. The van der Waals surface area contributed by atoms with Gasteiger partial charge in [0.15, 0.2) is 0 Å². The molecule has 3 rings (SSSR count). The monoisotopic (exact) mass is 303 g/mol. The van der Waals surface area contributed by atoms with Crippen LogP contribution in [0.2, 0.25) is 0 Å². The van der Waals surface area contributed by atoms with Crippen LogP contribution >= 0.6 is 11.8 Å². The lowest BCUT2D eigenvalue weighted by atomic mass is 10.2. The summed E-state index contributed by atoms with van der Waals surface area (Å²) in [7, 11) is 0. The Bertz CT molecular complexity index is 601. The first-order valence-corrected chi connectivity index (χ1v) is 9.43. The number of benzene rings is 1. The van der Waals surface area contributed by atoms with Crippen molar-refractivity contribution in [3.8, 4) is 0 Å². The predicted octanol–water partition coefficient (Wildman–Crippen LogP) is 4.42. The maximum absolute atomic E-state index is 5.89. The first-order chi connectivity index (χ1) is 10.3. The fourth-order valence-electron chi connectivity index (χ4n) is 2.92. The Morgan fingerprint density at radius 3 is 2.81 bits per heavy atom. The Kier molecular flexibility index (Phi) is 4.73. The van der Waals surface area contributed by atoms with Crippen LogP contribution in [0, 0.1) is 0 Å². The maximum Gasteiger partial charge on any atom is 0.112 e. The standard InChI is InChI=1S/C17H25N3S/c1-21-11-5-3-2-4-10-20-16-9-8-14(18)12-15(16)19-17(20)13-6-7-13/h8-9,12-13H,2-7,10-11,18H2,1H3. The molecule has 0 amide bonds. The molecule has 1 aromatic carbocycles. The van der Waals surface area contributed by atoms with Gasteiger partial charge in [0.2, 0.25) is 0 Å². The van der Waals surface area contributed by atoms with Gasteiger partial charge in [0.25, 0.3) is 0 Å². The van der Waals surface area contributed by atoms with Gasteiger partial charge in [0.1, 0.15) is 5.82 Å².